The molecule has 0 aromatic rings. The maximum absolute atomic E-state index is 6.52. The fraction of sp³-hybridized carbons (Fsp3) is 0.762. The van der Waals surface area contributed by atoms with E-state index in [4.69, 9.17) is 9.47 Å². The van der Waals surface area contributed by atoms with E-state index in [1.165, 1.54) is 141 Å². The van der Waals surface area contributed by atoms with Gasteiger partial charge >= 0.3 is 0 Å². The van der Waals surface area contributed by atoms with Crippen LogP contribution >= 0.6 is 0 Å². The van der Waals surface area contributed by atoms with Crippen molar-refractivity contribution in [2.75, 3.05) is 6.61 Å². The lowest BCUT2D eigenvalue weighted by Crippen LogP contribution is -2.31. The Kier molecular flexibility index (Phi) is 29.2. The summed E-state index contributed by atoms with van der Waals surface area (Å²) in [6.45, 7) is 9.18. The molecule has 1 heterocycles. The molecule has 1 aliphatic rings. The number of unbranched alkanes of at least 4 members (excludes halogenated alkanes) is 18. The molecule has 44 heavy (non-hydrogen) atoms. The predicted molar refractivity (Wildman–Crippen MR) is 196 cm³/mol. The highest BCUT2D eigenvalue weighted by Gasteiger charge is 2.39. The first-order valence-electron chi connectivity index (χ1n) is 19.3. The molecule has 1 atom stereocenters. The number of hydrogen-bond acceptors (Lipinski definition) is 2. The third kappa shape index (κ3) is 24.9. The van der Waals surface area contributed by atoms with Crippen molar-refractivity contribution in [3.63, 3.8) is 0 Å². The average molecular weight is 611 g/mol. The van der Waals surface area contributed by atoms with E-state index in [1.54, 1.807) is 0 Å². The molecule has 0 radical (unpaired) electrons. The summed E-state index contributed by atoms with van der Waals surface area (Å²) < 4.78 is 12.9. The van der Waals surface area contributed by atoms with Crippen molar-refractivity contribution >= 4 is 0 Å². The van der Waals surface area contributed by atoms with Gasteiger partial charge in [-0.05, 0) is 83.5 Å². The number of allylic oxidation sites excluding steroid dienone is 8. The molecule has 0 aromatic heterocycles. The van der Waals surface area contributed by atoms with Crippen molar-refractivity contribution in [3.05, 3.63) is 61.3 Å². The Labute approximate surface area is 275 Å². The molecule has 2 heteroatoms. The predicted octanol–water partition coefficient (Wildman–Crippen LogP) is 14.1. The highest BCUT2D eigenvalue weighted by atomic mass is 16.7. The van der Waals surface area contributed by atoms with Gasteiger partial charge in [0.2, 0.25) is 0 Å². The van der Waals surface area contributed by atoms with Crippen LogP contribution in [0.1, 0.15) is 187 Å². The van der Waals surface area contributed by atoms with Crippen molar-refractivity contribution in [3.8, 4) is 0 Å². The van der Waals surface area contributed by atoms with E-state index >= 15 is 0 Å². The summed E-state index contributed by atoms with van der Waals surface area (Å²) in [5.41, 5.74) is 0. The monoisotopic (exact) mass is 611 g/mol. The molecular formula is C42H74O2. The zero-order valence-electron chi connectivity index (χ0n) is 29.6. The molecule has 1 aliphatic heterocycles. The van der Waals surface area contributed by atoms with Crippen LogP contribution in [0.3, 0.4) is 0 Å². The van der Waals surface area contributed by atoms with Gasteiger partial charge in [0.1, 0.15) is 0 Å². The molecule has 0 N–H and O–H groups in total. The summed E-state index contributed by atoms with van der Waals surface area (Å²) in [7, 11) is 0. The van der Waals surface area contributed by atoms with E-state index in [0.29, 0.717) is 0 Å². The lowest BCUT2D eigenvalue weighted by atomic mass is 9.98. The van der Waals surface area contributed by atoms with Crippen LogP contribution in [0.15, 0.2) is 61.3 Å². The van der Waals surface area contributed by atoms with Gasteiger partial charge in [0.25, 0.3) is 0 Å². The lowest BCUT2D eigenvalue weighted by Gasteiger charge is -2.28. The van der Waals surface area contributed by atoms with Crippen molar-refractivity contribution < 1.29 is 9.47 Å². The standard InChI is InChI=1S/C42H74O2/c1-4-7-9-11-13-15-17-19-21-23-25-27-29-31-33-35-38-42(43-40-41(44-42)37-6-3)39-36-34-32-30-28-26-24-22-20-18-16-14-12-10-8-5-2/h6,13-16,19-22,41H,3-5,7-12,17-18,23-40H2,1-2H3/b15-13-,16-14-,21-19-,22-20-. The van der Waals surface area contributed by atoms with Gasteiger partial charge in [-0.1, -0.05) is 146 Å². The van der Waals surface area contributed by atoms with Gasteiger partial charge < -0.3 is 9.47 Å². The van der Waals surface area contributed by atoms with Gasteiger partial charge in [-0.3, -0.25) is 0 Å². The van der Waals surface area contributed by atoms with Crippen LogP contribution in [0.2, 0.25) is 0 Å². The Balaban J connectivity index is 2.09. The van der Waals surface area contributed by atoms with Crippen LogP contribution in [-0.4, -0.2) is 18.5 Å². The average Bonchev–Trinajstić information content (AvgIpc) is 3.43. The van der Waals surface area contributed by atoms with Crippen LogP contribution in [0.25, 0.3) is 0 Å². The van der Waals surface area contributed by atoms with Gasteiger partial charge in [-0.2, -0.15) is 0 Å². The van der Waals surface area contributed by atoms with Gasteiger partial charge in [-0.15, -0.1) is 6.58 Å². The van der Waals surface area contributed by atoms with E-state index in [1.807, 2.05) is 6.08 Å². The number of hydrogen-bond donors (Lipinski definition) is 0. The van der Waals surface area contributed by atoms with Gasteiger partial charge in [0.05, 0.1) is 12.7 Å². The summed E-state index contributed by atoms with van der Waals surface area (Å²) in [5.74, 6) is -0.335. The third-order valence-electron chi connectivity index (χ3n) is 8.86. The van der Waals surface area contributed by atoms with Crippen molar-refractivity contribution in [2.45, 2.75) is 199 Å². The number of rotatable bonds is 32. The molecular weight excluding hydrogens is 536 g/mol. The SMILES string of the molecule is C=CCC1COC(CCCCCCCC/C=C\C/C=C\CCCCC)(CCCCCCCC/C=C\C/C=C\CCCCC)O1. The van der Waals surface area contributed by atoms with Gasteiger partial charge in [0, 0.05) is 12.8 Å². The second-order valence-electron chi connectivity index (χ2n) is 13.2. The second-order valence-corrected chi connectivity index (χ2v) is 13.2. The Morgan fingerprint density at radius 2 is 0.909 bits per heavy atom. The molecule has 2 nitrogen and oxygen atoms in total. The number of ether oxygens (including phenoxy) is 2. The first-order valence-corrected chi connectivity index (χ1v) is 19.3. The zero-order valence-corrected chi connectivity index (χ0v) is 29.6. The minimum atomic E-state index is -0.335. The van der Waals surface area contributed by atoms with Gasteiger partial charge in [0.15, 0.2) is 5.79 Å². The molecule has 1 unspecified atom stereocenters. The summed E-state index contributed by atoms with van der Waals surface area (Å²) in [6.07, 6.45) is 54.9. The highest BCUT2D eigenvalue weighted by molar-refractivity contribution is 4.93. The molecule has 1 rings (SSSR count). The molecule has 0 amide bonds. The smallest absolute Gasteiger partial charge is 0.168 e. The molecule has 0 spiro atoms. The second kappa shape index (κ2) is 31.6. The van der Waals surface area contributed by atoms with E-state index in [2.05, 4.69) is 69.0 Å². The van der Waals surface area contributed by atoms with Crippen molar-refractivity contribution in [2.24, 2.45) is 0 Å². The largest absolute Gasteiger partial charge is 0.347 e. The topological polar surface area (TPSA) is 18.5 Å². The molecule has 0 aliphatic carbocycles. The van der Waals surface area contributed by atoms with E-state index in [0.717, 1.165) is 38.7 Å². The van der Waals surface area contributed by atoms with Crippen molar-refractivity contribution in [1.82, 2.24) is 0 Å². The Bertz CT molecular complexity index is 682. The molecule has 1 saturated heterocycles. The van der Waals surface area contributed by atoms with Crippen LogP contribution in [-0.2, 0) is 9.47 Å². The van der Waals surface area contributed by atoms with Crippen molar-refractivity contribution in [1.29, 1.82) is 0 Å². The third-order valence-corrected chi connectivity index (χ3v) is 8.86. The maximum Gasteiger partial charge on any atom is 0.168 e. The summed E-state index contributed by atoms with van der Waals surface area (Å²) >= 11 is 0. The van der Waals surface area contributed by atoms with E-state index in [-0.39, 0.29) is 11.9 Å². The normalized spacial score (nSPS) is 16.9. The summed E-state index contributed by atoms with van der Waals surface area (Å²) in [4.78, 5) is 0. The maximum atomic E-state index is 6.52. The first kappa shape index (κ1) is 40.6. The van der Waals surface area contributed by atoms with Crippen LogP contribution in [0.4, 0.5) is 0 Å². The van der Waals surface area contributed by atoms with E-state index in [9.17, 15) is 0 Å². The minimum Gasteiger partial charge on any atom is -0.347 e. The zero-order chi connectivity index (χ0) is 31.7. The fourth-order valence-corrected chi connectivity index (χ4v) is 6.07. The Morgan fingerprint density at radius 3 is 1.32 bits per heavy atom. The quantitative estimate of drug-likeness (QED) is 0.0557. The Hall–Kier alpha value is -1.38. The summed E-state index contributed by atoms with van der Waals surface area (Å²) in [5, 5.41) is 0. The van der Waals surface area contributed by atoms with Gasteiger partial charge in [-0.25, -0.2) is 0 Å². The molecule has 0 aromatic carbocycles. The fourth-order valence-electron chi connectivity index (χ4n) is 6.07. The van der Waals surface area contributed by atoms with E-state index < -0.39 is 0 Å². The molecule has 0 bridgehead atoms. The van der Waals surface area contributed by atoms with Crippen LogP contribution < -0.4 is 0 Å². The Morgan fingerprint density at radius 1 is 0.523 bits per heavy atom. The highest BCUT2D eigenvalue weighted by Crippen LogP contribution is 2.35. The summed E-state index contributed by atoms with van der Waals surface area (Å²) in [6, 6.07) is 0. The molecule has 0 saturated carbocycles. The minimum absolute atomic E-state index is 0.196. The lowest BCUT2D eigenvalue weighted by molar-refractivity contribution is -0.179. The first-order chi connectivity index (χ1) is 21.8. The van der Waals surface area contributed by atoms with Crippen LogP contribution in [0.5, 0.6) is 0 Å². The van der Waals surface area contributed by atoms with Crippen LogP contribution in [0, 0.1) is 0 Å². The molecule has 254 valence electrons. The molecule has 1 fully saturated rings.